The van der Waals surface area contributed by atoms with Gasteiger partial charge in [0, 0.05) is 61.1 Å². The van der Waals surface area contributed by atoms with Gasteiger partial charge in [-0.2, -0.15) is 5.10 Å². The molecule has 52 heavy (non-hydrogen) atoms. The molecule has 1 aliphatic heterocycles. The van der Waals surface area contributed by atoms with Crippen LogP contribution in [0.1, 0.15) is 17.2 Å². The van der Waals surface area contributed by atoms with Gasteiger partial charge in [-0.15, -0.1) is 0 Å². The van der Waals surface area contributed by atoms with Crippen molar-refractivity contribution in [3.8, 4) is 11.1 Å². The van der Waals surface area contributed by atoms with Gasteiger partial charge in [0.1, 0.15) is 12.1 Å². The lowest BCUT2D eigenvalue weighted by molar-refractivity contribution is -0.122. The minimum absolute atomic E-state index is 0.233. The number of carbonyl (C=O) groups is 2. The molecule has 0 radical (unpaired) electrons. The molecule has 11 nitrogen and oxygen atoms in total. The molecule has 1 aliphatic rings. The van der Waals surface area contributed by atoms with E-state index in [1.54, 1.807) is 4.68 Å². The van der Waals surface area contributed by atoms with Crippen LogP contribution in [0.2, 0.25) is 0 Å². The molecular weight excluding hydrogens is 651 g/mol. The van der Waals surface area contributed by atoms with Crippen molar-refractivity contribution in [2.24, 2.45) is 0 Å². The largest absolute Gasteiger partial charge is 0.369 e. The Morgan fingerprint density at radius 2 is 1.52 bits per heavy atom. The highest BCUT2D eigenvalue weighted by atomic mass is 16.2. The molecule has 0 saturated carbocycles. The lowest BCUT2D eigenvalue weighted by atomic mass is 10.0. The molecule has 5 aromatic carbocycles. The van der Waals surface area contributed by atoms with Gasteiger partial charge < -0.3 is 20.9 Å². The number of urea groups is 1. The quantitative estimate of drug-likeness (QED) is 0.137. The van der Waals surface area contributed by atoms with Crippen LogP contribution in [0.15, 0.2) is 134 Å². The standard InChI is InChI=1S/C41H37N9O2/c51-40(47-41(52)43-25-28-10-15-33(16-11-28)46-39-35-8-4-5-9-37(35)44-27-45-39)38(30-6-2-1-3-7-30)50-26-32-24-31(14-19-36(32)48-50)29-12-17-34(18-13-29)49-22-20-42-21-23-49/h1-19,24,26-27,38,42H,20-23,25H2,(H,44,45,46)(H2,43,47,51,52). The van der Waals surface area contributed by atoms with Gasteiger partial charge in [0.25, 0.3) is 5.91 Å². The molecule has 11 heteroatoms. The summed E-state index contributed by atoms with van der Waals surface area (Å²) in [7, 11) is 0. The van der Waals surface area contributed by atoms with Crippen molar-refractivity contribution < 1.29 is 9.59 Å². The number of amides is 3. The number of imide groups is 1. The second kappa shape index (κ2) is 14.7. The van der Waals surface area contributed by atoms with Gasteiger partial charge in [0.2, 0.25) is 0 Å². The van der Waals surface area contributed by atoms with E-state index in [1.807, 2.05) is 97.2 Å². The Morgan fingerprint density at radius 1 is 0.769 bits per heavy atom. The second-order valence-corrected chi connectivity index (χ2v) is 12.7. The molecule has 2 aromatic heterocycles. The fraction of sp³-hybridized carbons (Fsp3) is 0.146. The van der Waals surface area contributed by atoms with Crippen LogP contribution in [0.25, 0.3) is 32.9 Å². The minimum atomic E-state index is -0.857. The highest BCUT2D eigenvalue weighted by molar-refractivity contribution is 5.98. The zero-order valence-electron chi connectivity index (χ0n) is 28.4. The van der Waals surface area contributed by atoms with Gasteiger partial charge in [0.05, 0.1) is 11.0 Å². The van der Waals surface area contributed by atoms with Gasteiger partial charge in [-0.1, -0.05) is 72.8 Å². The van der Waals surface area contributed by atoms with Gasteiger partial charge >= 0.3 is 6.03 Å². The molecule has 8 rings (SSSR count). The Kier molecular flexibility index (Phi) is 9.23. The predicted molar refractivity (Wildman–Crippen MR) is 204 cm³/mol. The first-order valence-electron chi connectivity index (χ1n) is 17.3. The van der Waals surface area contributed by atoms with Crippen LogP contribution in [0, 0.1) is 0 Å². The molecule has 258 valence electrons. The first kappa shape index (κ1) is 32.6. The lowest BCUT2D eigenvalue weighted by Crippen LogP contribution is -2.43. The molecule has 1 saturated heterocycles. The average Bonchev–Trinajstić information content (AvgIpc) is 3.61. The molecule has 0 aliphatic carbocycles. The van der Waals surface area contributed by atoms with Crippen LogP contribution in [0.5, 0.6) is 0 Å². The molecular formula is C41H37N9O2. The minimum Gasteiger partial charge on any atom is -0.369 e. The summed E-state index contributed by atoms with van der Waals surface area (Å²) >= 11 is 0. The molecule has 0 spiro atoms. The summed E-state index contributed by atoms with van der Waals surface area (Å²) in [6.07, 6.45) is 3.40. The number of anilines is 3. The fourth-order valence-corrected chi connectivity index (χ4v) is 6.56. The number of hydrogen-bond donors (Lipinski definition) is 4. The van der Waals surface area contributed by atoms with Crippen molar-refractivity contribution in [1.29, 1.82) is 0 Å². The number of piperazine rings is 1. The summed E-state index contributed by atoms with van der Waals surface area (Å²) in [5, 5.41) is 18.7. The van der Waals surface area contributed by atoms with Crippen molar-refractivity contribution in [3.63, 3.8) is 0 Å². The van der Waals surface area contributed by atoms with Crippen LogP contribution < -0.4 is 26.2 Å². The third kappa shape index (κ3) is 7.16. The number of benzene rings is 5. The van der Waals surface area contributed by atoms with Crippen molar-refractivity contribution >= 4 is 50.9 Å². The van der Waals surface area contributed by atoms with E-state index in [1.165, 1.54) is 12.0 Å². The Hall–Kier alpha value is -6.59. The molecule has 4 N–H and O–H groups in total. The van der Waals surface area contributed by atoms with Gasteiger partial charge in [-0.25, -0.2) is 14.8 Å². The zero-order valence-corrected chi connectivity index (χ0v) is 28.4. The molecule has 3 heterocycles. The molecule has 1 fully saturated rings. The number of nitrogens with zero attached hydrogens (tertiary/aromatic N) is 5. The average molecular weight is 688 g/mol. The Morgan fingerprint density at radius 3 is 2.33 bits per heavy atom. The van der Waals surface area contributed by atoms with Crippen molar-refractivity contribution in [2.75, 3.05) is 36.4 Å². The molecule has 0 bridgehead atoms. The van der Waals surface area contributed by atoms with E-state index in [4.69, 9.17) is 5.10 Å². The number of nitrogens with one attached hydrogen (secondary N) is 4. The predicted octanol–water partition coefficient (Wildman–Crippen LogP) is 6.42. The summed E-state index contributed by atoms with van der Waals surface area (Å²) in [5.41, 5.74) is 7.42. The summed E-state index contributed by atoms with van der Waals surface area (Å²) in [4.78, 5) is 37.9. The molecule has 7 aromatic rings. The topological polar surface area (TPSA) is 129 Å². The van der Waals surface area contributed by atoms with Crippen LogP contribution >= 0.6 is 0 Å². The fourth-order valence-electron chi connectivity index (χ4n) is 6.56. The number of hydrogen-bond acceptors (Lipinski definition) is 8. The van der Waals surface area contributed by atoms with Crippen LogP contribution in [-0.2, 0) is 11.3 Å². The number of aromatic nitrogens is 4. The van der Waals surface area contributed by atoms with E-state index < -0.39 is 18.0 Å². The zero-order chi connectivity index (χ0) is 35.3. The first-order valence-corrected chi connectivity index (χ1v) is 17.3. The third-order valence-corrected chi connectivity index (χ3v) is 9.28. The number of para-hydroxylation sites is 1. The van der Waals surface area contributed by atoms with E-state index in [0.717, 1.165) is 70.4 Å². The summed E-state index contributed by atoms with van der Waals surface area (Å²) in [6.45, 7) is 4.22. The maximum Gasteiger partial charge on any atom is 0.321 e. The Balaban J connectivity index is 0.937. The van der Waals surface area contributed by atoms with Crippen molar-refractivity contribution in [3.05, 3.63) is 145 Å². The SMILES string of the molecule is O=C(NCc1ccc(Nc2ncnc3ccccc23)cc1)NC(=O)C(c1ccccc1)n1cc2cc(-c3ccc(N4CCNCC4)cc3)ccc2n1. The summed E-state index contributed by atoms with van der Waals surface area (Å²) in [5.74, 6) is 0.223. The van der Waals surface area contributed by atoms with E-state index in [2.05, 4.69) is 66.5 Å². The van der Waals surface area contributed by atoms with E-state index >= 15 is 0 Å². The number of rotatable bonds is 9. The third-order valence-electron chi connectivity index (χ3n) is 9.28. The van der Waals surface area contributed by atoms with Gasteiger partial charge in [-0.05, 0) is 70.8 Å². The molecule has 3 amide bonds. The van der Waals surface area contributed by atoms with Crippen LogP contribution in [0.3, 0.4) is 0 Å². The van der Waals surface area contributed by atoms with Gasteiger partial charge in [-0.3, -0.25) is 14.8 Å². The van der Waals surface area contributed by atoms with E-state index in [0.29, 0.717) is 11.4 Å². The van der Waals surface area contributed by atoms with Crippen molar-refractivity contribution in [2.45, 2.75) is 12.6 Å². The Bertz CT molecular complexity index is 2330. The van der Waals surface area contributed by atoms with Crippen LogP contribution in [0.4, 0.5) is 22.0 Å². The maximum absolute atomic E-state index is 13.7. The smallest absolute Gasteiger partial charge is 0.321 e. The van der Waals surface area contributed by atoms with Gasteiger partial charge in [0.15, 0.2) is 6.04 Å². The number of fused-ring (bicyclic) bond motifs is 2. The lowest BCUT2D eigenvalue weighted by Gasteiger charge is -2.29. The highest BCUT2D eigenvalue weighted by Crippen LogP contribution is 2.29. The highest BCUT2D eigenvalue weighted by Gasteiger charge is 2.26. The van der Waals surface area contributed by atoms with E-state index in [-0.39, 0.29) is 6.54 Å². The molecule has 1 unspecified atom stereocenters. The second-order valence-electron chi connectivity index (χ2n) is 12.7. The summed E-state index contributed by atoms with van der Waals surface area (Å²) in [6, 6.07) is 38.1. The van der Waals surface area contributed by atoms with Crippen molar-refractivity contribution in [1.82, 2.24) is 35.7 Å². The maximum atomic E-state index is 13.7. The monoisotopic (exact) mass is 687 g/mol. The van der Waals surface area contributed by atoms with Crippen LogP contribution in [-0.4, -0.2) is 57.9 Å². The van der Waals surface area contributed by atoms with E-state index in [9.17, 15) is 9.59 Å². The molecule has 1 atom stereocenters. The normalized spacial score (nSPS) is 13.5. The first-order chi connectivity index (χ1) is 25.6. The Labute approximate surface area is 300 Å². The number of carbonyl (C=O) groups excluding carboxylic acids is 2. The summed E-state index contributed by atoms with van der Waals surface area (Å²) < 4.78 is 1.63.